The first-order valence-electron chi connectivity index (χ1n) is 7.68. The van der Waals surface area contributed by atoms with Gasteiger partial charge in [-0.25, -0.2) is 0 Å². The Morgan fingerprint density at radius 2 is 1.75 bits per heavy atom. The van der Waals surface area contributed by atoms with E-state index in [4.69, 9.17) is 0 Å². The van der Waals surface area contributed by atoms with Crippen molar-refractivity contribution in [1.82, 2.24) is 9.80 Å². The highest BCUT2D eigenvalue weighted by Crippen LogP contribution is 2.32. The Kier molecular flexibility index (Phi) is 5.02. The van der Waals surface area contributed by atoms with Crippen LogP contribution in [0.25, 0.3) is 0 Å². The molecule has 5 heteroatoms. The van der Waals surface area contributed by atoms with Gasteiger partial charge >= 0.3 is 5.97 Å². The second-order valence-electron chi connectivity index (χ2n) is 6.34. The third-order valence-electron chi connectivity index (χ3n) is 4.90. The number of likely N-dealkylation sites (tertiary alicyclic amines) is 1. The van der Waals surface area contributed by atoms with Gasteiger partial charge in [-0.15, -0.1) is 0 Å². The third kappa shape index (κ3) is 3.32. The van der Waals surface area contributed by atoms with E-state index < -0.39 is 11.9 Å². The summed E-state index contributed by atoms with van der Waals surface area (Å²) in [5.74, 6) is -1.58. The van der Waals surface area contributed by atoms with E-state index in [1.165, 1.54) is 0 Å². The molecule has 1 aliphatic carbocycles. The number of likely N-dealkylation sites (N-methyl/N-ethyl adjacent to an activating group) is 2. The van der Waals surface area contributed by atoms with Gasteiger partial charge in [-0.1, -0.05) is 12.8 Å². The summed E-state index contributed by atoms with van der Waals surface area (Å²) < 4.78 is 0. The largest absolute Gasteiger partial charge is 0.481 e. The summed E-state index contributed by atoms with van der Waals surface area (Å²) in [6, 6.07) is 0.234. The molecule has 2 rings (SSSR count). The molecule has 1 N–H and O–H groups in total. The van der Waals surface area contributed by atoms with Crippen molar-refractivity contribution in [2.45, 2.75) is 44.6 Å². The molecule has 20 heavy (non-hydrogen) atoms. The Morgan fingerprint density at radius 1 is 1.10 bits per heavy atom. The molecule has 0 aromatic heterocycles. The molecule has 0 aromatic rings. The Morgan fingerprint density at radius 3 is 2.35 bits per heavy atom. The standard InChI is InChI=1S/C15H26N2O3/c1-16-9-5-6-11(10-16)17(2)14(18)12-7-3-4-8-13(12)15(19)20/h11-13H,3-10H2,1-2H3,(H,19,20). The lowest BCUT2D eigenvalue weighted by Crippen LogP contribution is -2.50. The number of hydrogen-bond donors (Lipinski definition) is 1. The average Bonchev–Trinajstić information content (AvgIpc) is 2.45. The maximum Gasteiger partial charge on any atom is 0.307 e. The van der Waals surface area contributed by atoms with Gasteiger partial charge in [0.15, 0.2) is 0 Å². The van der Waals surface area contributed by atoms with Gasteiger partial charge < -0.3 is 14.9 Å². The normalized spacial score (nSPS) is 31.8. The highest BCUT2D eigenvalue weighted by Gasteiger charge is 2.38. The third-order valence-corrected chi connectivity index (χ3v) is 4.90. The van der Waals surface area contributed by atoms with Crippen molar-refractivity contribution in [3.05, 3.63) is 0 Å². The zero-order valence-electron chi connectivity index (χ0n) is 12.5. The Hall–Kier alpha value is -1.10. The summed E-state index contributed by atoms with van der Waals surface area (Å²) in [6.07, 6.45) is 5.39. The van der Waals surface area contributed by atoms with Gasteiger partial charge in [-0.05, 0) is 39.3 Å². The lowest BCUT2D eigenvalue weighted by Gasteiger charge is -2.39. The number of carbonyl (C=O) groups excluding carboxylic acids is 1. The molecular weight excluding hydrogens is 256 g/mol. The SMILES string of the molecule is CN1CCCC(N(C)C(=O)C2CCCCC2C(=O)O)C1. The van der Waals surface area contributed by atoms with Gasteiger partial charge in [0.2, 0.25) is 5.91 Å². The average molecular weight is 282 g/mol. The predicted octanol–water partition coefficient (Wildman–Crippen LogP) is 1.43. The van der Waals surface area contributed by atoms with Crippen LogP contribution in [-0.4, -0.2) is 60.0 Å². The van der Waals surface area contributed by atoms with E-state index in [1.54, 1.807) is 0 Å². The number of piperidine rings is 1. The minimum atomic E-state index is -0.808. The van der Waals surface area contributed by atoms with Crippen molar-refractivity contribution in [2.24, 2.45) is 11.8 Å². The zero-order chi connectivity index (χ0) is 14.7. The van der Waals surface area contributed by atoms with Crippen LogP contribution in [-0.2, 0) is 9.59 Å². The van der Waals surface area contributed by atoms with Gasteiger partial charge in [-0.3, -0.25) is 9.59 Å². The number of aliphatic carboxylic acids is 1. The molecule has 0 spiro atoms. The number of carboxylic acid groups (broad SMARTS) is 1. The van der Waals surface area contributed by atoms with Crippen molar-refractivity contribution in [3.63, 3.8) is 0 Å². The topological polar surface area (TPSA) is 60.9 Å². The Bertz CT molecular complexity index is 372. The summed E-state index contributed by atoms with van der Waals surface area (Å²) >= 11 is 0. The van der Waals surface area contributed by atoms with Crippen LogP contribution in [0, 0.1) is 11.8 Å². The molecule has 1 amide bonds. The fraction of sp³-hybridized carbons (Fsp3) is 0.867. The number of nitrogens with zero attached hydrogens (tertiary/aromatic N) is 2. The molecule has 1 heterocycles. The predicted molar refractivity (Wildman–Crippen MR) is 76.4 cm³/mol. The molecule has 2 aliphatic rings. The van der Waals surface area contributed by atoms with Crippen molar-refractivity contribution < 1.29 is 14.7 Å². The molecule has 1 saturated carbocycles. The van der Waals surface area contributed by atoms with Gasteiger partial charge in [0, 0.05) is 19.6 Å². The second kappa shape index (κ2) is 6.57. The van der Waals surface area contributed by atoms with E-state index in [1.807, 2.05) is 11.9 Å². The van der Waals surface area contributed by atoms with Crippen molar-refractivity contribution in [2.75, 3.05) is 27.2 Å². The van der Waals surface area contributed by atoms with Crippen LogP contribution >= 0.6 is 0 Å². The fourth-order valence-corrected chi connectivity index (χ4v) is 3.62. The Labute approximate surface area is 120 Å². The van der Waals surface area contributed by atoms with Crippen LogP contribution in [0.5, 0.6) is 0 Å². The smallest absolute Gasteiger partial charge is 0.307 e. The summed E-state index contributed by atoms with van der Waals surface area (Å²) in [5, 5.41) is 9.31. The minimum absolute atomic E-state index is 0.0393. The first-order chi connectivity index (χ1) is 9.50. The maximum absolute atomic E-state index is 12.7. The summed E-state index contributed by atoms with van der Waals surface area (Å²) in [6.45, 7) is 1.98. The maximum atomic E-state index is 12.7. The first kappa shape index (κ1) is 15.3. The van der Waals surface area contributed by atoms with E-state index in [2.05, 4.69) is 11.9 Å². The number of hydrogen-bond acceptors (Lipinski definition) is 3. The van der Waals surface area contributed by atoms with Crippen LogP contribution in [0.2, 0.25) is 0 Å². The van der Waals surface area contributed by atoms with Crippen LogP contribution in [0.4, 0.5) is 0 Å². The van der Waals surface area contributed by atoms with E-state index in [-0.39, 0.29) is 17.9 Å². The van der Waals surface area contributed by atoms with E-state index in [0.29, 0.717) is 6.42 Å². The van der Waals surface area contributed by atoms with Gasteiger partial charge in [0.25, 0.3) is 0 Å². The lowest BCUT2D eigenvalue weighted by molar-refractivity contribution is -0.153. The molecule has 5 nitrogen and oxygen atoms in total. The van der Waals surface area contributed by atoms with E-state index in [0.717, 1.165) is 45.2 Å². The number of carboxylic acids is 1. The molecular formula is C15H26N2O3. The Balaban J connectivity index is 2.02. The summed E-state index contributed by atoms with van der Waals surface area (Å²) in [4.78, 5) is 28.1. The van der Waals surface area contributed by atoms with Crippen LogP contribution < -0.4 is 0 Å². The lowest BCUT2D eigenvalue weighted by atomic mass is 9.78. The van der Waals surface area contributed by atoms with Gasteiger partial charge in [0.1, 0.15) is 0 Å². The quantitative estimate of drug-likeness (QED) is 0.850. The molecule has 1 aliphatic heterocycles. The van der Waals surface area contributed by atoms with Gasteiger partial charge in [-0.2, -0.15) is 0 Å². The summed E-state index contributed by atoms with van der Waals surface area (Å²) in [7, 11) is 3.92. The molecule has 3 atom stereocenters. The highest BCUT2D eigenvalue weighted by molar-refractivity contribution is 5.85. The fourth-order valence-electron chi connectivity index (χ4n) is 3.62. The molecule has 0 aromatic carbocycles. The monoisotopic (exact) mass is 282 g/mol. The number of amides is 1. The molecule has 2 fully saturated rings. The van der Waals surface area contributed by atoms with Crippen molar-refractivity contribution in [3.8, 4) is 0 Å². The van der Waals surface area contributed by atoms with E-state index in [9.17, 15) is 14.7 Å². The van der Waals surface area contributed by atoms with Crippen LogP contribution in [0.3, 0.4) is 0 Å². The van der Waals surface area contributed by atoms with E-state index >= 15 is 0 Å². The highest BCUT2D eigenvalue weighted by atomic mass is 16.4. The van der Waals surface area contributed by atoms with Crippen molar-refractivity contribution in [1.29, 1.82) is 0 Å². The van der Waals surface area contributed by atoms with Crippen molar-refractivity contribution >= 4 is 11.9 Å². The van der Waals surface area contributed by atoms with Gasteiger partial charge in [0.05, 0.1) is 11.8 Å². The summed E-state index contributed by atoms with van der Waals surface area (Å²) in [5.41, 5.74) is 0. The molecule has 3 unspecified atom stereocenters. The number of rotatable bonds is 3. The van der Waals surface area contributed by atoms with Crippen LogP contribution in [0.15, 0.2) is 0 Å². The van der Waals surface area contributed by atoms with Crippen LogP contribution in [0.1, 0.15) is 38.5 Å². The molecule has 114 valence electrons. The minimum Gasteiger partial charge on any atom is -0.481 e. The molecule has 1 saturated heterocycles. The molecule has 0 radical (unpaired) electrons. The second-order valence-corrected chi connectivity index (χ2v) is 6.34. The first-order valence-corrected chi connectivity index (χ1v) is 7.68. The zero-order valence-corrected chi connectivity index (χ0v) is 12.5. The molecule has 0 bridgehead atoms. The number of carbonyl (C=O) groups is 2.